The molecule has 0 aromatic heterocycles. The van der Waals surface area contributed by atoms with Gasteiger partial charge in [0.25, 0.3) is 0 Å². The van der Waals surface area contributed by atoms with Crippen molar-refractivity contribution in [2.75, 3.05) is 6.61 Å². The van der Waals surface area contributed by atoms with Crippen molar-refractivity contribution in [3.05, 3.63) is 11.6 Å². The van der Waals surface area contributed by atoms with Crippen molar-refractivity contribution >= 4 is 22.3 Å². The Morgan fingerprint density at radius 2 is 1.59 bits per heavy atom. The Labute approximate surface area is 358 Å². The lowest BCUT2D eigenvalue weighted by atomic mass is 9.40. The van der Waals surface area contributed by atoms with Crippen LogP contribution >= 0.6 is 0 Å². The molecule has 0 amide bonds. The number of aliphatic hydroxyl groups excluding tert-OH is 5. The second kappa shape index (κ2) is 16.0. The van der Waals surface area contributed by atoms with E-state index in [2.05, 4.69) is 27.7 Å². The summed E-state index contributed by atoms with van der Waals surface area (Å²) in [6.45, 7) is 16.7. The van der Waals surface area contributed by atoms with E-state index in [-0.39, 0.29) is 29.7 Å². The van der Waals surface area contributed by atoms with Crippen LogP contribution in [0.15, 0.2) is 11.6 Å². The van der Waals surface area contributed by atoms with E-state index in [4.69, 9.17) is 32.6 Å². The summed E-state index contributed by atoms with van der Waals surface area (Å²) in [4.78, 5) is 26.1. The minimum Gasteiger partial charge on any atom is -0.460 e. The Morgan fingerprint density at radius 3 is 2.25 bits per heavy atom. The van der Waals surface area contributed by atoms with E-state index in [0.717, 1.165) is 31.3 Å². The van der Waals surface area contributed by atoms with Crippen molar-refractivity contribution in [1.29, 1.82) is 0 Å². The highest BCUT2D eigenvalue weighted by Crippen LogP contribution is 2.76. The van der Waals surface area contributed by atoms with Crippen molar-refractivity contribution in [2.45, 2.75) is 199 Å². The van der Waals surface area contributed by atoms with Crippen molar-refractivity contribution < 1.29 is 80.7 Å². The first-order valence-electron chi connectivity index (χ1n) is 21.9. The molecule has 4 aliphatic carbocycles. The quantitative estimate of drug-likeness (QED) is 0.0755. The Bertz CT molecular complexity index is 1840. The number of allylic oxidation sites excluding steroid dienone is 1. The monoisotopic (exact) mass is 888 g/mol. The van der Waals surface area contributed by atoms with Crippen LogP contribution in [0.1, 0.15) is 120 Å². The first-order chi connectivity index (χ1) is 28.1. The van der Waals surface area contributed by atoms with Crippen molar-refractivity contribution in [3.63, 3.8) is 0 Å². The Kier molecular flexibility index (Phi) is 12.3. The maximum atomic E-state index is 14.4. The number of hydrogen-bond donors (Lipinski definition) is 6. The summed E-state index contributed by atoms with van der Waals surface area (Å²) in [6, 6.07) is 0. The molecule has 3 saturated heterocycles. The minimum atomic E-state index is -5.03. The molecule has 17 nitrogen and oxygen atoms in total. The van der Waals surface area contributed by atoms with Crippen LogP contribution in [0.5, 0.6) is 0 Å². The van der Waals surface area contributed by atoms with Crippen molar-refractivity contribution in [1.82, 2.24) is 0 Å². The second-order valence-electron chi connectivity index (χ2n) is 21.0. The molecule has 3 saturated carbocycles. The standard InChI is InChI=1S/C43H68O17S/c1-21-30(46)32(48)33(49)35(55-21)57-34-31(47)25(60-61(51,52)53)20-54-36(34)56-29-14-17-40(7)24-19-28(45)43-27(13-18-41(43,8)23(24)11-12-26(40)39(29,5)6)42(9,59-37(43)50)16-10-15-38(3,4)58-22(2)44/h19,21,23,25-36,45-49H,10-18,20H2,1-9H3,(H,51,52,53)/t21-,23?,25-,26?,27-,28+,29+,30-,31+,32+,33-,34-,35+,36+,40-,41+,42+,43+/m1/s1. The summed E-state index contributed by atoms with van der Waals surface area (Å²) in [7, 11) is -5.03. The minimum absolute atomic E-state index is 0.0146. The highest BCUT2D eigenvalue weighted by Gasteiger charge is 2.79. The Balaban J connectivity index is 1.12. The van der Waals surface area contributed by atoms with Crippen molar-refractivity contribution in [3.8, 4) is 0 Å². The fourth-order valence-electron chi connectivity index (χ4n) is 13.6. The van der Waals surface area contributed by atoms with E-state index in [0.29, 0.717) is 32.1 Å². The van der Waals surface area contributed by atoms with Crippen molar-refractivity contribution in [2.24, 2.45) is 39.4 Å². The summed E-state index contributed by atoms with van der Waals surface area (Å²) >= 11 is 0. The Hall–Kier alpha value is -1.81. The highest BCUT2D eigenvalue weighted by atomic mass is 32.3. The van der Waals surface area contributed by atoms with E-state index in [1.165, 1.54) is 13.8 Å². The summed E-state index contributed by atoms with van der Waals surface area (Å²) in [6.07, 6.45) is -7.29. The lowest BCUT2D eigenvalue weighted by molar-refractivity contribution is -0.362. The van der Waals surface area contributed by atoms with Gasteiger partial charge in [0.05, 0.1) is 24.9 Å². The van der Waals surface area contributed by atoms with Crippen LogP contribution in [-0.2, 0) is 52.6 Å². The summed E-state index contributed by atoms with van der Waals surface area (Å²) in [5, 5.41) is 55.3. The molecular weight excluding hydrogens is 821 g/mol. The van der Waals surface area contributed by atoms with Crippen LogP contribution in [-0.4, -0.2) is 136 Å². The molecule has 18 atom stereocenters. The number of hydrogen-bond acceptors (Lipinski definition) is 16. The molecule has 6 fully saturated rings. The van der Waals surface area contributed by atoms with Gasteiger partial charge in [-0.3, -0.25) is 14.1 Å². The average molecular weight is 889 g/mol. The SMILES string of the molecule is CC(=O)OC(C)(C)CCC[C@]1(C)OC(=O)[C@]23[C@@H](O)C=C4C(CCC5C(C)(C)[C@@H](O[C@@H]6OC[C@@H](OS(=O)(=O)O)[C@H](O)[C@H]6O[C@@H]6O[C@H](C)[C@@H](O)[C@H](O)[C@H]6O)CC[C@]45C)[C@]2(C)CC[C@@H]31. The first-order valence-corrected chi connectivity index (χ1v) is 23.3. The van der Waals surface area contributed by atoms with Gasteiger partial charge in [-0.25, -0.2) is 4.18 Å². The van der Waals surface area contributed by atoms with E-state index in [1.807, 2.05) is 26.8 Å². The zero-order valence-corrected chi connectivity index (χ0v) is 37.6. The molecule has 6 N–H and O–H groups in total. The summed E-state index contributed by atoms with van der Waals surface area (Å²) < 4.78 is 73.6. The lowest BCUT2D eigenvalue weighted by Crippen LogP contribution is -2.64. The van der Waals surface area contributed by atoms with Crippen LogP contribution in [0, 0.1) is 39.4 Å². The number of ether oxygens (including phenoxy) is 6. The van der Waals surface area contributed by atoms with Crippen LogP contribution < -0.4 is 0 Å². The molecule has 18 heteroatoms. The van der Waals surface area contributed by atoms with E-state index < -0.39 is 117 Å². The van der Waals surface area contributed by atoms with E-state index in [1.54, 1.807) is 0 Å². The smallest absolute Gasteiger partial charge is 0.397 e. The highest BCUT2D eigenvalue weighted by molar-refractivity contribution is 7.80. The number of carbonyl (C=O) groups is 2. The van der Waals surface area contributed by atoms with Gasteiger partial charge >= 0.3 is 22.3 Å². The fraction of sp³-hybridized carbons (Fsp3) is 0.907. The maximum Gasteiger partial charge on any atom is 0.397 e. The van der Waals surface area contributed by atoms with Gasteiger partial charge in [0, 0.05) is 12.8 Å². The molecule has 0 aromatic rings. The van der Waals surface area contributed by atoms with Gasteiger partial charge in [-0.2, -0.15) is 8.42 Å². The van der Waals surface area contributed by atoms with Gasteiger partial charge in [0.15, 0.2) is 12.6 Å². The molecule has 1 spiro atoms. The number of carbonyl (C=O) groups excluding carboxylic acids is 2. The largest absolute Gasteiger partial charge is 0.460 e. The predicted molar refractivity (Wildman–Crippen MR) is 213 cm³/mol. The number of aliphatic hydroxyl groups is 5. The molecule has 7 aliphatic rings. The van der Waals surface area contributed by atoms with Gasteiger partial charge in [-0.1, -0.05) is 39.3 Å². The number of esters is 2. The average Bonchev–Trinajstić information content (AvgIpc) is 3.60. The van der Waals surface area contributed by atoms with E-state index >= 15 is 0 Å². The number of cyclic esters (lactones) is 1. The van der Waals surface area contributed by atoms with Gasteiger partial charge in [0.2, 0.25) is 0 Å². The van der Waals surface area contributed by atoms with Crippen LogP contribution in [0.25, 0.3) is 0 Å². The third-order valence-corrected chi connectivity index (χ3v) is 17.0. The van der Waals surface area contributed by atoms with E-state index in [9.17, 15) is 48.1 Å². The third-order valence-electron chi connectivity index (χ3n) is 16.5. The maximum absolute atomic E-state index is 14.4. The predicted octanol–water partition coefficient (Wildman–Crippen LogP) is 2.87. The third kappa shape index (κ3) is 7.73. The van der Waals surface area contributed by atoms with Gasteiger partial charge < -0.3 is 54.0 Å². The summed E-state index contributed by atoms with van der Waals surface area (Å²) in [5.74, 6) is -0.848. The molecule has 0 aromatic carbocycles. The molecule has 61 heavy (non-hydrogen) atoms. The number of fused-ring (bicyclic) bond motifs is 4. The first kappa shape index (κ1) is 47.2. The van der Waals surface area contributed by atoms with Gasteiger partial charge in [0.1, 0.15) is 53.2 Å². The van der Waals surface area contributed by atoms with Crippen LogP contribution in [0.3, 0.4) is 0 Å². The topological polar surface area (TPSA) is 254 Å². The zero-order chi connectivity index (χ0) is 45.0. The second-order valence-corrected chi connectivity index (χ2v) is 22.0. The molecule has 3 aliphatic heterocycles. The fourth-order valence-corrected chi connectivity index (χ4v) is 14.1. The van der Waals surface area contributed by atoms with Gasteiger partial charge in [-0.15, -0.1) is 0 Å². The molecule has 2 unspecified atom stereocenters. The molecule has 3 heterocycles. The Morgan fingerprint density at radius 1 is 0.902 bits per heavy atom. The number of rotatable bonds is 11. The lowest BCUT2D eigenvalue weighted by Gasteiger charge is -2.64. The molecule has 0 radical (unpaired) electrons. The summed E-state index contributed by atoms with van der Waals surface area (Å²) in [5.41, 5.74) is -2.92. The molecule has 7 rings (SSSR count). The van der Waals surface area contributed by atoms with Crippen LogP contribution in [0.4, 0.5) is 0 Å². The molecular formula is C43H68O17S. The molecule has 348 valence electrons. The van der Waals surface area contributed by atoms with Crippen LogP contribution in [0.2, 0.25) is 0 Å². The van der Waals surface area contributed by atoms with Gasteiger partial charge in [-0.05, 0) is 114 Å². The normalized spacial score (nSPS) is 48.2. The molecule has 0 bridgehead atoms. The zero-order valence-electron chi connectivity index (χ0n) is 36.8.